The topological polar surface area (TPSA) is 74.8 Å². The molecule has 30 heavy (non-hydrogen) atoms. The van der Waals surface area contributed by atoms with Crippen molar-refractivity contribution in [1.29, 1.82) is 0 Å². The summed E-state index contributed by atoms with van der Waals surface area (Å²) < 4.78 is 9.53. The van der Waals surface area contributed by atoms with E-state index in [0.717, 1.165) is 59.3 Å². The van der Waals surface area contributed by atoms with Crippen molar-refractivity contribution in [2.75, 3.05) is 19.5 Å². The number of pyridine rings is 1. The molecule has 158 valence electrons. The van der Waals surface area contributed by atoms with E-state index in [-0.39, 0.29) is 5.78 Å². The summed E-state index contributed by atoms with van der Waals surface area (Å²) >= 11 is 1.47. The summed E-state index contributed by atoms with van der Waals surface area (Å²) in [5.41, 5.74) is 3.93. The van der Waals surface area contributed by atoms with Crippen molar-refractivity contribution < 1.29 is 9.53 Å². The Morgan fingerprint density at radius 3 is 2.70 bits per heavy atom. The molecule has 3 aromatic heterocycles. The number of carbonyl (C=O) groups is 1. The zero-order valence-corrected chi connectivity index (χ0v) is 18.5. The van der Waals surface area contributed by atoms with E-state index in [2.05, 4.69) is 31.2 Å². The van der Waals surface area contributed by atoms with Crippen molar-refractivity contribution in [2.45, 2.75) is 50.9 Å². The minimum atomic E-state index is 0.127. The number of carbonyl (C=O) groups excluding carboxylic acids is 1. The molecular weight excluding hydrogens is 398 g/mol. The number of hydrogen-bond acceptors (Lipinski definition) is 6. The first-order valence-corrected chi connectivity index (χ1v) is 11.3. The number of Topliss-reactive ketones (excluding diaryl/α,β-unsaturated/α-hetero) is 1. The van der Waals surface area contributed by atoms with E-state index >= 15 is 0 Å². The van der Waals surface area contributed by atoms with Crippen LogP contribution in [-0.2, 0) is 11.3 Å². The van der Waals surface area contributed by atoms with Crippen molar-refractivity contribution in [2.24, 2.45) is 0 Å². The molecule has 0 N–H and O–H groups in total. The summed E-state index contributed by atoms with van der Waals surface area (Å²) in [5.74, 6) is 1.33. The van der Waals surface area contributed by atoms with Crippen LogP contribution in [0.1, 0.15) is 47.1 Å². The molecule has 1 aliphatic carbocycles. The molecule has 8 heteroatoms. The third-order valence-electron chi connectivity index (χ3n) is 5.45. The Kier molecular flexibility index (Phi) is 6.34. The normalized spacial score (nSPS) is 13.7. The first-order chi connectivity index (χ1) is 14.6. The Hall–Kier alpha value is -2.45. The maximum absolute atomic E-state index is 13.0. The van der Waals surface area contributed by atoms with Crippen LogP contribution in [0.4, 0.5) is 0 Å². The average Bonchev–Trinajstić information content (AvgIpc) is 3.45. The molecule has 0 amide bonds. The summed E-state index contributed by atoms with van der Waals surface area (Å²) in [6.07, 6.45) is 6.71. The molecule has 0 saturated heterocycles. The number of hydrogen-bond donors (Lipinski definition) is 0. The van der Waals surface area contributed by atoms with Gasteiger partial charge in [-0.3, -0.25) is 14.3 Å². The summed E-state index contributed by atoms with van der Waals surface area (Å²) in [6, 6.07) is 6.31. The molecule has 4 rings (SSSR count). The van der Waals surface area contributed by atoms with Crippen LogP contribution in [0.2, 0.25) is 0 Å². The third kappa shape index (κ3) is 4.34. The van der Waals surface area contributed by atoms with Crippen molar-refractivity contribution in [3.63, 3.8) is 0 Å². The highest BCUT2D eigenvalue weighted by molar-refractivity contribution is 7.99. The number of ketones is 1. The zero-order chi connectivity index (χ0) is 21.1. The van der Waals surface area contributed by atoms with Gasteiger partial charge in [0.05, 0.1) is 5.75 Å². The van der Waals surface area contributed by atoms with Gasteiger partial charge >= 0.3 is 0 Å². The molecule has 0 unspecified atom stereocenters. The first-order valence-electron chi connectivity index (χ1n) is 10.3. The number of aromatic nitrogens is 5. The summed E-state index contributed by atoms with van der Waals surface area (Å²) in [4.78, 5) is 17.1. The van der Waals surface area contributed by atoms with Gasteiger partial charge in [0.15, 0.2) is 16.8 Å². The summed E-state index contributed by atoms with van der Waals surface area (Å²) in [7, 11) is 1.71. The van der Waals surface area contributed by atoms with Crippen molar-refractivity contribution >= 4 is 17.5 Å². The molecule has 0 radical (unpaired) electrons. The van der Waals surface area contributed by atoms with Gasteiger partial charge in [0.2, 0.25) is 0 Å². The van der Waals surface area contributed by atoms with Crippen molar-refractivity contribution in [1.82, 2.24) is 24.3 Å². The number of methoxy groups -OCH3 is 1. The second-order valence-electron chi connectivity index (χ2n) is 7.64. The monoisotopic (exact) mass is 425 g/mol. The molecule has 0 bridgehead atoms. The highest BCUT2D eigenvalue weighted by atomic mass is 32.2. The van der Waals surface area contributed by atoms with Gasteiger partial charge in [0, 0.05) is 61.2 Å². The lowest BCUT2D eigenvalue weighted by atomic mass is 10.2. The van der Waals surface area contributed by atoms with Gasteiger partial charge < -0.3 is 9.30 Å². The van der Waals surface area contributed by atoms with Gasteiger partial charge in [-0.25, -0.2) is 0 Å². The van der Waals surface area contributed by atoms with E-state index in [9.17, 15) is 4.79 Å². The smallest absolute Gasteiger partial charge is 0.192 e. The average molecular weight is 426 g/mol. The Morgan fingerprint density at radius 1 is 1.23 bits per heavy atom. The third-order valence-corrected chi connectivity index (χ3v) is 6.39. The van der Waals surface area contributed by atoms with Crippen molar-refractivity contribution in [3.05, 3.63) is 47.5 Å². The first kappa shape index (κ1) is 20.8. The van der Waals surface area contributed by atoms with Crippen LogP contribution < -0.4 is 0 Å². The minimum absolute atomic E-state index is 0.127. The number of ether oxygens (including phenoxy) is 1. The van der Waals surface area contributed by atoms with Crippen LogP contribution in [0.25, 0.3) is 11.4 Å². The molecule has 3 aromatic rings. The second-order valence-corrected chi connectivity index (χ2v) is 8.58. The van der Waals surface area contributed by atoms with Crippen LogP contribution in [0, 0.1) is 13.8 Å². The van der Waals surface area contributed by atoms with E-state index in [1.165, 1.54) is 11.8 Å². The molecule has 0 aromatic carbocycles. The van der Waals surface area contributed by atoms with E-state index in [1.54, 1.807) is 19.5 Å². The lowest BCUT2D eigenvalue weighted by molar-refractivity contribution is 0.102. The molecular formula is C22H27N5O2S. The molecule has 0 spiro atoms. The fourth-order valence-corrected chi connectivity index (χ4v) is 4.63. The Morgan fingerprint density at radius 2 is 2.00 bits per heavy atom. The Labute approximate surface area is 180 Å². The molecule has 0 aliphatic heterocycles. The summed E-state index contributed by atoms with van der Waals surface area (Å²) in [5, 5.41) is 9.62. The SMILES string of the molecule is COCCCn1c(C)cc(C(=O)CSc2nnc(-c3ccncc3)n2C2CC2)c1C. The lowest BCUT2D eigenvalue weighted by Gasteiger charge is -2.10. The standard InChI is InChI=1S/C22H27N5O2S/c1-15-13-19(16(2)26(15)11-4-12-29-3)20(28)14-30-22-25-24-21(27(22)18-5-6-18)17-7-9-23-10-8-17/h7-10,13,18H,4-6,11-12,14H2,1-3H3. The fraction of sp³-hybridized carbons (Fsp3) is 0.455. The molecule has 3 heterocycles. The van der Waals surface area contributed by atoms with Gasteiger partial charge in [-0.1, -0.05) is 11.8 Å². The van der Waals surface area contributed by atoms with Crippen molar-refractivity contribution in [3.8, 4) is 11.4 Å². The maximum atomic E-state index is 13.0. The molecule has 1 fully saturated rings. The summed E-state index contributed by atoms with van der Waals surface area (Å²) in [6.45, 7) is 5.64. The maximum Gasteiger partial charge on any atom is 0.192 e. The largest absolute Gasteiger partial charge is 0.385 e. The highest BCUT2D eigenvalue weighted by Gasteiger charge is 2.30. The van der Waals surface area contributed by atoms with Gasteiger partial charge in [-0.2, -0.15) is 0 Å². The van der Waals surface area contributed by atoms with E-state index in [4.69, 9.17) is 4.74 Å². The quantitative estimate of drug-likeness (QED) is 0.276. The van der Waals surface area contributed by atoms with E-state index in [1.807, 2.05) is 25.1 Å². The Balaban J connectivity index is 1.49. The molecule has 7 nitrogen and oxygen atoms in total. The predicted octanol–water partition coefficient (Wildman–Crippen LogP) is 4.10. The van der Waals surface area contributed by atoms with Gasteiger partial charge in [0.1, 0.15) is 0 Å². The molecule has 1 aliphatic rings. The minimum Gasteiger partial charge on any atom is -0.385 e. The van der Waals surface area contributed by atoms with Crippen LogP contribution >= 0.6 is 11.8 Å². The number of nitrogens with zero attached hydrogens (tertiary/aromatic N) is 5. The molecule has 0 atom stereocenters. The number of rotatable bonds is 10. The fourth-order valence-electron chi connectivity index (χ4n) is 3.74. The van der Waals surface area contributed by atoms with Gasteiger partial charge in [-0.15, -0.1) is 10.2 Å². The predicted molar refractivity (Wildman–Crippen MR) is 117 cm³/mol. The van der Waals surface area contributed by atoms with E-state index in [0.29, 0.717) is 18.4 Å². The number of aryl methyl sites for hydroxylation is 1. The molecule has 1 saturated carbocycles. The van der Waals surface area contributed by atoms with E-state index < -0.39 is 0 Å². The number of thioether (sulfide) groups is 1. The Bertz CT molecular complexity index is 1020. The zero-order valence-electron chi connectivity index (χ0n) is 17.7. The van der Waals surface area contributed by atoms with Crippen LogP contribution in [0.5, 0.6) is 0 Å². The van der Waals surface area contributed by atoms with Gasteiger partial charge in [0.25, 0.3) is 0 Å². The lowest BCUT2D eigenvalue weighted by Crippen LogP contribution is -2.09. The highest BCUT2D eigenvalue weighted by Crippen LogP contribution is 2.41. The van der Waals surface area contributed by atoms with Gasteiger partial charge in [-0.05, 0) is 51.3 Å². The van der Waals surface area contributed by atoms with Crippen LogP contribution in [-0.4, -0.2) is 49.6 Å². The van der Waals surface area contributed by atoms with Crippen LogP contribution in [0.15, 0.2) is 35.7 Å². The second kappa shape index (κ2) is 9.14. The van der Waals surface area contributed by atoms with Crippen LogP contribution in [0.3, 0.4) is 0 Å².